The number of hydrogen-bond donors (Lipinski definition) is 2. The molecule has 0 bridgehead atoms. The van der Waals surface area contributed by atoms with Gasteiger partial charge in [0.15, 0.2) is 0 Å². The number of nitrogens with two attached hydrogens (primary N) is 1. The first-order valence-electron chi connectivity index (χ1n) is 5.62. The summed E-state index contributed by atoms with van der Waals surface area (Å²) in [5, 5.41) is 0. The van der Waals surface area contributed by atoms with Crippen molar-refractivity contribution < 1.29 is 17.9 Å². The zero-order valence-corrected chi connectivity index (χ0v) is 9.22. The minimum atomic E-state index is -4.24. The Morgan fingerprint density at radius 3 is 2.50 bits per heavy atom. The average molecular weight is 240 g/mol. The Hall–Kier alpha value is -0.330. The van der Waals surface area contributed by atoms with Gasteiger partial charge in [-0.25, -0.2) is 0 Å². The van der Waals surface area contributed by atoms with E-state index in [1.54, 1.807) is 0 Å². The van der Waals surface area contributed by atoms with Crippen LogP contribution in [0.4, 0.5) is 13.2 Å². The van der Waals surface area contributed by atoms with E-state index in [0.717, 1.165) is 18.8 Å². The highest BCUT2D eigenvalue weighted by Crippen LogP contribution is 2.34. The van der Waals surface area contributed by atoms with Crippen molar-refractivity contribution in [3.63, 3.8) is 0 Å². The molecular formula is C10H19F3N2O. The van der Waals surface area contributed by atoms with E-state index in [4.69, 9.17) is 5.84 Å². The summed E-state index contributed by atoms with van der Waals surface area (Å²) in [6, 6.07) is 0.0637. The van der Waals surface area contributed by atoms with E-state index in [1.807, 2.05) is 0 Å². The zero-order valence-electron chi connectivity index (χ0n) is 9.22. The van der Waals surface area contributed by atoms with Crippen LogP contribution in [-0.4, -0.2) is 25.4 Å². The topological polar surface area (TPSA) is 47.3 Å². The minimum absolute atomic E-state index is 0.0637. The maximum atomic E-state index is 11.8. The van der Waals surface area contributed by atoms with E-state index in [1.165, 1.54) is 12.8 Å². The van der Waals surface area contributed by atoms with Gasteiger partial charge in [-0.3, -0.25) is 11.3 Å². The van der Waals surface area contributed by atoms with Gasteiger partial charge in [-0.05, 0) is 25.2 Å². The third kappa shape index (κ3) is 7.03. The summed E-state index contributed by atoms with van der Waals surface area (Å²) in [5.74, 6) is 6.13. The average Bonchev–Trinajstić information content (AvgIpc) is 2.99. The van der Waals surface area contributed by atoms with E-state index in [0.29, 0.717) is 6.42 Å². The first-order chi connectivity index (χ1) is 7.51. The van der Waals surface area contributed by atoms with Crippen molar-refractivity contribution in [2.24, 2.45) is 11.8 Å². The lowest BCUT2D eigenvalue weighted by Gasteiger charge is -2.16. The lowest BCUT2D eigenvalue weighted by atomic mass is 10.1. The predicted molar refractivity (Wildman–Crippen MR) is 54.6 cm³/mol. The second kappa shape index (κ2) is 6.42. The van der Waals surface area contributed by atoms with Crippen LogP contribution < -0.4 is 11.3 Å². The molecule has 0 aromatic carbocycles. The Morgan fingerprint density at radius 1 is 1.31 bits per heavy atom. The van der Waals surface area contributed by atoms with Gasteiger partial charge in [0, 0.05) is 12.6 Å². The molecule has 1 rings (SSSR count). The summed E-state index contributed by atoms with van der Waals surface area (Å²) >= 11 is 0. The van der Waals surface area contributed by atoms with Gasteiger partial charge in [-0.2, -0.15) is 13.2 Å². The van der Waals surface area contributed by atoms with E-state index in [9.17, 15) is 13.2 Å². The molecule has 0 aliphatic heterocycles. The molecule has 0 spiro atoms. The molecule has 96 valence electrons. The molecule has 1 aliphatic carbocycles. The molecule has 0 amide bonds. The van der Waals surface area contributed by atoms with Crippen molar-refractivity contribution in [1.82, 2.24) is 5.43 Å². The van der Waals surface area contributed by atoms with Gasteiger partial charge in [0.1, 0.15) is 6.61 Å². The summed E-state index contributed by atoms with van der Waals surface area (Å²) < 4.78 is 39.8. The molecule has 0 heterocycles. The third-order valence-electron chi connectivity index (χ3n) is 2.73. The first kappa shape index (κ1) is 13.7. The molecule has 3 N–H and O–H groups in total. The minimum Gasteiger partial charge on any atom is -0.372 e. The smallest absolute Gasteiger partial charge is 0.372 e. The second-order valence-corrected chi connectivity index (χ2v) is 4.34. The van der Waals surface area contributed by atoms with Gasteiger partial charge in [-0.15, -0.1) is 0 Å². The molecule has 0 aromatic heterocycles. The highest BCUT2D eigenvalue weighted by molar-refractivity contribution is 4.75. The lowest BCUT2D eigenvalue weighted by Crippen LogP contribution is -2.36. The molecule has 0 saturated heterocycles. The molecule has 1 fully saturated rings. The fraction of sp³-hybridized carbons (Fsp3) is 1.00. The van der Waals surface area contributed by atoms with Gasteiger partial charge in [0.2, 0.25) is 0 Å². The van der Waals surface area contributed by atoms with Crippen LogP contribution in [0, 0.1) is 5.92 Å². The lowest BCUT2D eigenvalue weighted by molar-refractivity contribution is -0.174. The third-order valence-corrected chi connectivity index (χ3v) is 2.73. The van der Waals surface area contributed by atoms with Crippen molar-refractivity contribution >= 4 is 0 Å². The molecule has 0 aromatic rings. The molecule has 3 nitrogen and oxygen atoms in total. The van der Waals surface area contributed by atoms with Crippen LogP contribution in [-0.2, 0) is 4.74 Å². The van der Waals surface area contributed by atoms with Gasteiger partial charge in [0.25, 0.3) is 0 Å². The van der Waals surface area contributed by atoms with Gasteiger partial charge in [0.05, 0.1) is 0 Å². The number of nitrogens with one attached hydrogen (secondary N) is 1. The number of ether oxygens (including phenoxy) is 1. The van der Waals surface area contributed by atoms with Crippen molar-refractivity contribution in [2.45, 2.75) is 44.3 Å². The van der Waals surface area contributed by atoms with Crippen molar-refractivity contribution in [3.05, 3.63) is 0 Å². The molecule has 1 unspecified atom stereocenters. The predicted octanol–water partition coefficient (Wildman–Crippen LogP) is 1.98. The molecule has 1 aliphatic rings. The quantitative estimate of drug-likeness (QED) is 0.387. The SMILES string of the molecule is NNC(CCOCC(F)(F)F)CCC1CC1. The Morgan fingerprint density at radius 2 is 2.00 bits per heavy atom. The van der Waals surface area contributed by atoms with E-state index in [-0.39, 0.29) is 12.6 Å². The zero-order chi connectivity index (χ0) is 12.0. The van der Waals surface area contributed by atoms with Crippen LogP contribution in [0.3, 0.4) is 0 Å². The maximum Gasteiger partial charge on any atom is 0.411 e. The molecule has 16 heavy (non-hydrogen) atoms. The van der Waals surface area contributed by atoms with Gasteiger partial charge >= 0.3 is 6.18 Å². The van der Waals surface area contributed by atoms with Crippen molar-refractivity contribution in [3.8, 4) is 0 Å². The van der Waals surface area contributed by atoms with Crippen LogP contribution >= 0.6 is 0 Å². The highest BCUT2D eigenvalue weighted by atomic mass is 19.4. The summed E-state index contributed by atoms with van der Waals surface area (Å²) in [6.07, 6.45) is 0.868. The largest absolute Gasteiger partial charge is 0.411 e. The van der Waals surface area contributed by atoms with Crippen LogP contribution in [0.5, 0.6) is 0 Å². The summed E-state index contributed by atoms with van der Waals surface area (Å²) in [4.78, 5) is 0. The number of halogens is 3. The van der Waals surface area contributed by atoms with Gasteiger partial charge in [-0.1, -0.05) is 12.8 Å². The Balaban J connectivity index is 1.99. The molecule has 0 radical (unpaired) electrons. The Kier molecular flexibility index (Phi) is 5.51. The second-order valence-electron chi connectivity index (χ2n) is 4.34. The molecule has 1 atom stereocenters. The Labute approximate surface area is 93.5 Å². The number of hydrazine groups is 1. The van der Waals surface area contributed by atoms with E-state index in [2.05, 4.69) is 10.2 Å². The van der Waals surface area contributed by atoms with Crippen molar-refractivity contribution in [1.29, 1.82) is 0 Å². The van der Waals surface area contributed by atoms with Crippen molar-refractivity contribution in [2.75, 3.05) is 13.2 Å². The molecular weight excluding hydrogens is 221 g/mol. The maximum absolute atomic E-state index is 11.8. The van der Waals surface area contributed by atoms with Gasteiger partial charge < -0.3 is 4.74 Å². The summed E-state index contributed by atoms with van der Waals surface area (Å²) in [5.41, 5.74) is 2.62. The van der Waals surface area contributed by atoms with Crippen LogP contribution in [0.2, 0.25) is 0 Å². The fourth-order valence-electron chi connectivity index (χ4n) is 1.57. The summed E-state index contributed by atoms with van der Waals surface area (Å²) in [6.45, 7) is -1.08. The van der Waals surface area contributed by atoms with Crippen LogP contribution in [0.1, 0.15) is 32.1 Å². The molecule has 1 saturated carbocycles. The van der Waals surface area contributed by atoms with Crippen LogP contribution in [0.15, 0.2) is 0 Å². The van der Waals surface area contributed by atoms with E-state index < -0.39 is 12.8 Å². The number of rotatable bonds is 8. The monoisotopic (exact) mass is 240 g/mol. The first-order valence-corrected chi connectivity index (χ1v) is 5.62. The summed E-state index contributed by atoms with van der Waals surface area (Å²) in [7, 11) is 0. The highest BCUT2D eigenvalue weighted by Gasteiger charge is 2.27. The standard InChI is InChI=1S/C10H19F3N2O/c11-10(12,13)7-16-6-5-9(15-14)4-3-8-1-2-8/h8-9,15H,1-7,14H2. The number of hydrogen-bond acceptors (Lipinski definition) is 3. The normalized spacial score (nSPS) is 18.8. The van der Waals surface area contributed by atoms with E-state index >= 15 is 0 Å². The number of alkyl halides is 3. The fourth-order valence-corrected chi connectivity index (χ4v) is 1.57. The molecule has 6 heteroatoms. The van der Waals surface area contributed by atoms with Crippen LogP contribution in [0.25, 0.3) is 0 Å². The Bertz CT molecular complexity index is 195.